The number of hydrogen-bond acceptors (Lipinski definition) is 1. The van der Waals surface area contributed by atoms with Gasteiger partial charge in [-0.05, 0) is 84.1 Å². The van der Waals surface area contributed by atoms with E-state index in [9.17, 15) is 0 Å². The molecule has 1 heterocycles. The third-order valence-electron chi connectivity index (χ3n) is 8.86. The molecule has 9 rings (SSSR count). The van der Waals surface area contributed by atoms with Crippen LogP contribution in [0.5, 0.6) is 11.5 Å². The number of fused-ring (bicyclic) bond motifs is 4. The van der Waals surface area contributed by atoms with Crippen LogP contribution in [-0.2, 0) is 0 Å². The summed E-state index contributed by atoms with van der Waals surface area (Å²) in [5.41, 5.74) is 9.70. The molecule has 200 valence electrons. The molecule has 0 fully saturated rings. The van der Waals surface area contributed by atoms with Gasteiger partial charge >= 0.3 is 0 Å². The van der Waals surface area contributed by atoms with E-state index >= 15 is 0 Å². The Morgan fingerprint density at radius 2 is 0.860 bits per heavy atom. The highest BCUT2D eigenvalue weighted by atomic mass is 16.5. The Balaban J connectivity index is 1.17. The van der Waals surface area contributed by atoms with Crippen LogP contribution < -0.4 is 4.74 Å². The molecule has 1 heteroatoms. The number of hydrogen-bond donors (Lipinski definition) is 0. The predicted octanol–water partition coefficient (Wildman–Crippen LogP) is 11.9. The SMILES string of the molecule is c1ccc(-c2c3ccccc3c(-c3ccc(-c4ccc5c(c4)Oc4cccc6cccc-5c46)cc3)c3ccccc23)cc1. The Labute approximate surface area is 250 Å². The summed E-state index contributed by atoms with van der Waals surface area (Å²) in [6.45, 7) is 0. The van der Waals surface area contributed by atoms with Crippen LogP contribution in [0, 0.1) is 0 Å². The van der Waals surface area contributed by atoms with Crippen molar-refractivity contribution in [1.82, 2.24) is 0 Å². The van der Waals surface area contributed by atoms with Gasteiger partial charge < -0.3 is 4.74 Å². The maximum atomic E-state index is 6.45. The topological polar surface area (TPSA) is 9.23 Å². The van der Waals surface area contributed by atoms with Crippen LogP contribution in [0.4, 0.5) is 0 Å². The first-order valence-corrected chi connectivity index (χ1v) is 14.8. The minimum absolute atomic E-state index is 0.904. The van der Waals surface area contributed by atoms with Crippen molar-refractivity contribution in [3.8, 4) is 56.0 Å². The molecule has 0 bridgehead atoms. The van der Waals surface area contributed by atoms with Gasteiger partial charge in [-0.2, -0.15) is 0 Å². The Morgan fingerprint density at radius 3 is 1.51 bits per heavy atom. The Kier molecular flexibility index (Phi) is 5.27. The second-order valence-corrected chi connectivity index (χ2v) is 11.3. The summed E-state index contributed by atoms with van der Waals surface area (Å²) >= 11 is 0. The van der Waals surface area contributed by atoms with E-state index in [1.807, 2.05) is 0 Å². The molecule has 0 saturated heterocycles. The summed E-state index contributed by atoms with van der Waals surface area (Å²) in [5, 5.41) is 7.47. The maximum Gasteiger partial charge on any atom is 0.135 e. The van der Waals surface area contributed by atoms with E-state index in [2.05, 4.69) is 158 Å². The predicted molar refractivity (Wildman–Crippen MR) is 181 cm³/mol. The standard InChI is InChI=1S/C42H26O/c1-2-10-28(11-3-1)40-34-14-4-6-16-36(34)41(37-17-7-5-15-35(37)40)30-22-20-27(21-23-30)31-24-25-32-33-18-8-12-29-13-9-19-38(42(29)33)43-39(32)26-31/h1-26H. The Hall–Kier alpha value is -5.66. The molecule has 0 saturated carbocycles. The normalized spacial score (nSPS) is 11.9. The minimum Gasteiger partial charge on any atom is -0.456 e. The fourth-order valence-corrected chi connectivity index (χ4v) is 6.93. The summed E-state index contributed by atoms with van der Waals surface area (Å²) in [6.07, 6.45) is 0. The molecule has 0 aromatic heterocycles. The largest absolute Gasteiger partial charge is 0.456 e. The zero-order chi connectivity index (χ0) is 28.3. The fourth-order valence-electron chi connectivity index (χ4n) is 6.93. The Morgan fingerprint density at radius 1 is 0.326 bits per heavy atom. The van der Waals surface area contributed by atoms with Gasteiger partial charge in [-0.15, -0.1) is 0 Å². The molecular formula is C42H26O. The van der Waals surface area contributed by atoms with E-state index in [4.69, 9.17) is 4.74 Å². The van der Waals surface area contributed by atoms with Crippen LogP contribution >= 0.6 is 0 Å². The van der Waals surface area contributed by atoms with Gasteiger partial charge in [0.25, 0.3) is 0 Å². The molecule has 0 unspecified atom stereocenters. The number of rotatable bonds is 3. The van der Waals surface area contributed by atoms with Crippen LogP contribution in [-0.4, -0.2) is 0 Å². The highest BCUT2D eigenvalue weighted by Gasteiger charge is 2.21. The molecule has 43 heavy (non-hydrogen) atoms. The van der Waals surface area contributed by atoms with E-state index in [-0.39, 0.29) is 0 Å². The van der Waals surface area contributed by atoms with Crippen LogP contribution in [0.1, 0.15) is 0 Å². The maximum absolute atomic E-state index is 6.45. The fraction of sp³-hybridized carbons (Fsp3) is 0. The average molecular weight is 547 g/mol. The van der Waals surface area contributed by atoms with Crippen LogP contribution in [0.2, 0.25) is 0 Å². The molecule has 8 aromatic rings. The second kappa shape index (κ2) is 9.44. The summed E-state index contributed by atoms with van der Waals surface area (Å²) in [7, 11) is 0. The summed E-state index contributed by atoms with van der Waals surface area (Å²) in [5.74, 6) is 1.83. The zero-order valence-corrected chi connectivity index (χ0v) is 23.4. The van der Waals surface area contributed by atoms with E-state index in [0.717, 1.165) is 22.6 Å². The zero-order valence-electron chi connectivity index (χ0n) is 23.4. The van der Waals surface area contributed by atoms with Crippen LogP contribution in [0.3, 0.4) is 0 Å². The lowest BCUT2D eigenvalue weighted by Crippen LogP contribution is -1.97. The summed E-state index contributed by atoms with van der Waals surface area (Å²) < 4.78 is 6.45. The van der Waals surface area contributed by atoms with Gasteiger partial charge in [-0.25, -0.2) is 0 Å². The van der Waals surface area contributed by atoms with E-state index in [1.165, 1.54) is 65.7 Å². The van der Waals surface area contributed by atoms with Gasteiger partial charge in [0.15, 0.2) is 0 Å². The van der Waals surface area contributed by atoms with Crippen molar-refractivity contribution in [3.63, 3.8) is 0 Å². The van der Waals surface area contributed by atoms with E-state index < -0.39 is 0 Å². The molecule has 0 atom stereocenters. The average Bonchev–Trinajstić information content (AvgIpc) is 3.07. The molecule has 0 aliphatic carbocycles. The number of benzene rings is 8. The van der Waals surface area contributed by atoms with E-state index in [1.54, 1.807) is 0 Å². The highest BCUT2D eigenvalue weighted by molar-refractivity contribution is 6.21. The second-order valence-electron chi connectivity index (χ2n) is 11.3. The quantitative estimate of drug-likeness (QED) is 0.200. The van der Waals surface area contributed by atoms with Gasteiger partial charge in [0.1, 0.15) is 11.5 Å². The van der Waals surface area contributed by atoms with Crippen LogP contribution in [0.25, 0.3) is 76.8 Å². The summed E-state index contributed by atoms with van der Waals surface area (Å²) in [6, 6.07) is 56.7. The summed E-state index contributed by atoms with van der Waals surface area (Å²) in [4.78, 5) is 0. The molecular weight excluding hydrogens is 520 g/mol. The molecule has 1 aliphatic rings. The van der Waals surface area contributed by atoms with Crippen molar-refractivity contribution in [2.45, 2.75) is 0 Å². The van der Waals surface area contributed by atoms with Crippen molar-refractivity contribution < 1.29 is 4.74 Å². The molecule has 0 N–H and O–H groups in total. The lowest BCUT2D eigenvalue weighted by molar-refractivity contribution is 0.487. The van der Waals surface area contributed by atoms with Gasteiger partial charge in [-0.1, -0.05) is 140 Å². The monoisotopic (exact) mass is 546 g/mol. The number of ether oxygens (including phenoxy) is 1. The van der Waals surface area contributed by atoms with Crippen molar-refractivity contribution in [1.29, 1.82) is 0 Å². The van der Waals surface area contributed by atoms with Gasteiger partial charge in [0.2, 0.25) is 0 Å². The Bertz CT molecular complexity index is 2290. The third kappa shape index (κ3) is 3.72. The molecule has 1 aliphatic heterocycles. The molecule has 0 amide bonds. The van der Waals surface area contributed by atoms with Gasteiger partial charge in [0, 0.05) is 10.9 Å². The molecule has 0 radical (unpaired) electrons. The van der Waals surface area contributed by atoms with Crippen molar-refractivity contribution in [2.75, 3.05) is 0 Å². The first-order valence-electron chi connectivity index (χ1n) is 14.8. The van der Waals surface area contributed by atoms with Gasteiger partial charge in [0.05, 0.1) is 0 Å². The minimum atomic E-state index is 0.904. The van der Waals surface area contributed by atoms with Crippen molar-refractivity contribution in [2.24, 2.45) is 0 Å². The lowest BCUT2D eigenvalue weighted by atomic mass is 9.85. The van der Waals surface area contributed by atoms with E-state index in [0.29, 0.717) is 0 Å². The molecule has 1 nitrogen and oxygen atoms in total. The first kappa shape index (κ1) is 24.0. The van der Waals surface area contributed by atoms with Gasteiger partial charge in [-0.3, -0.25) is 0 Å². The molecule has 8 aromatic carbocycles. The lowest BCUT2D eigenvalue weighted by Gasteiger charge is -2.22. The van der Waals surface area contributed by atoms with Crippen LogP contribution in [0.15, 0.2) is 158 Å². The van der Waals surface area contributed by atoms with Crippen molar-refractivity contribution in [3.05, 3.63) is 158 Å². The smallest absolute Gasteiger partial charge is 0.135 e. The first-order chi connectivity index (χ1) is 21.3. The molecule has 0 spiro atoms. The van der Waals surface area contributed by atoms with Crippen molar-refractivity contribution >= 4 is 32.3 Å². The highest BCUT2D eigenvalue weighted by Crippen LogP contribution is 2.48. The third-order valence-corrected chi connectivity index (χ3v) is 8.86.